The number of hydrogen-bond acceptors (Lipinski definition) is 1. The summed E-state index contributed by atoms with van der Waals surface area (Å²) >= 11 is 6.11. The number of nitrogens with zero attached hydrogens (tertiary/aromatic N) is 1. The topological polar surface area (TPSA) is 3.24 Å². The molecule has 0 saturated carbocycles. The second-order valence-electron chi connectivity index (χ2n) is 3.82. The van der Waals surface area contributed by atoms with E-state index in [1.807, 2.05) is 18.0 Å². The number of rotatable bonds is 1. The largest absolute Gasteiger partial charge is 0.362 e. The molecule has 1 aromatic carbocycles. The van der Waals surface area contributed by atoms with Crippen LogP contribution in [-0.2, 0) is 0 Å². The molecular weight excluding hydrogens is 206 g/mol. The highest BCUT2D eigenvalue weighted by Gasteiger charge is 2.10. The summed E-state index contributed by atoms with van der Waals surface area (Å²) in [5.41, 5.74) is 3.77. The van der Waals surface area contributed by atoms with Crippen LogP contribution in [0.15, 0.2) is 41.6 Å². The number of likely N-dealkylation sites (N-methyl/N-ethyl adjacent to an activating group) is 1. The molecule has 1 aliphatic heterocycles. The van der Waals surface area contributed by atoms with Gasteiger partial charge in [-0.05, 0) is 29.7 Å². The summed E-state index contributed by atoms with van der Waals surface area (Å²) < 4.78 is 0. The van der Waals surface area contributed by atoms with Crippen LogP contribution < -0.4 is 0 Å². The molecule has 0 N–H and O–H groups in total. The van der Waals surface area contributed by atoms with Gasteiger partial charge in [0.1, 0.15) is 5.16 Å². The van der Waals surface area contributed by atoms with E-state index in [0.29, 0.717) is 0 Å². The van der Waals surface area contributed by atoms with Crippen molar-refractivity contribution in [1.82, 2.24) is 4.90 Å². The van der Waals surface area contributed by atoms with Gasteiger partial charge in [-0.2, -0.15) is 0 Å². The molecule has 15 heavy (non-hydrogen) atoms. The molecule has 1 aliphatic rings. The van der Waals surface area contributed by atoms with E-state index in [2.05, 4.69) is 37.3 Å². The van der Waals surface area contributed by atoms with Crippen molar-refractivity contribution >= 4 is 17.2 Å². The van der Waals surface area contributed by atoms with Gasteiger partial charge in [0.15, 0.2) is 0 Å². The van der Waals surface area contributed by atoms with Gasteiger partial charge in [0.2, 0.25) is 0 Å². The Morgan fingerprint density at radius 1 is 1.27 bits per heavy atom. The molecule has 0 bridgehead atoms. The van der Waals surface area contributed by atoms with Crippen LogP contribution in [0, 0.1) is 6.92 Å². The minimum atomic E-state index is 0.802. The maximum absolute atomic E-state index is 6.11. The lowest BCUT2D eigenvalue weighted by atomic mass is 9.99. The minimum Gasteiger partial charge on any atom is -0.362 e. The molecule has 78 valence electrons. The van der Waals surface area contributed by atoms with E-state index in [1.54, 1.807) is 0 Å². The van der Waals surface area contributed by atoms with Gasteiger partial charge in [0.05, 0.1) is 0 Å². The monoisotopic (exact) mass is 219 g/mol. The summed E-state index contributed by atoms with van der Waals surface area (Å²) in [5.74, 6) is 0. The van der Waals surface area contributed by atoms with Crippen LogP contribution in [0.3, 0.4) is 0 Å². The summed E-state index contributed by atoms with van der Waals surface area (Å²) in [7, 11) is 1.99. The van der Waals surface area contributed by atoms with Crippen molar-refractivity contribution in [2.24, 2.45) is 0 Å². The Labute approximate surface area is 95.7 Å². The van der Waals surface area contributed by atoms with E-state index in [0.717, 1.165) is 11.7 Å². The SMILES string of the molecule is Cc1ccccc1C1=CCN(C)C(Cl)=C1. The highest BCUT2D eigenvalue weighted by molar-refractivity contribution is 6.30. The Morgan fingerprint density at radius 2 is 2.00 bits per heavy atom. The summed E-state index contributed by atoms with van der Waals surface area (Å²) in [6, 6.07) is 8.37. The lowest BCUT2D eigenvalue weighted by Crippen LogP contribution is -2.17. The number of benzene rings is 1. The van der Waals surface area contributed by atoms with E-state index in [9.17, 15) is 0 Å². The third-order valence-electron chi connectivity index (χ3n) is 2.68. The molecule has 0 spiro atoms. The molecule has 2 heteroatoms. The molecule has 2 rings (SSSR count). The lowest BCUT2D eigenvalue weighted by Gasteiger charge is -2.22. The van der Waals surface area contributed by atoms with Crippen molar-refractivity contribution in [2.75, 3.05) is 13.6 Å². The number of hydrogen-bond donors (Lipinski definition) is 0. The fourth-order valence-electron chi connectivity index (χ4n) is 1.70. The van der Waals surface area contributed by atoms with E-state index in [4.69, 9.17) is 11.6 Å². The maximum Gasteiger partial charge on any atom is 0.105 e. The Balaban J connectivity index is 2.38. The number of aryl methyl sites for hydroxylation is 1. The second kappa shape index (κ2) is 4.11. The van der Waals surface area contributed by atoms with Crippen molar-refractivity contribution < 1.29 is 0 Å². The molecule has 1 heterocycles. The van der Waals surface area contributed by atoms with Crippen LogP contribution in [0.5, 0.6) is 0 Å². The fourth-order valence-corrected chi connectivity index (χ4v) is 1.89. The third-order valence-corrected chi connectivity index (χ3v) is 3.08. The number of halogens is 1. The average molecular weight is 220 g/mol. The van der Waals surface area contributed by atoms with Crippen LogP contribution in [0.2, 0.25) is 0 Å². The van der Waals surface area contributed by atoms with Gasteiger partial charge in [-0.15, -0.1) is 0 Å². The first-order valence-corrected chi connectivity index (χ1v) is 5.41. The summed E-state index contributed by atoms with van der Waals surface area (Å²) in [4.78, 5) is 2.02. The molecule has 1 aromatic rings. The Bertz CT molecular complexity index is 432. The Morgan fingerprint density at radius 3 is 2.67 bits per heavy atom. The highest BCUT2D eigenvalue weighted by Crippen LogP contribution is 2.26. The molecule has 0 radical (unpaired) electrons. The minimum absolute atomic E-state index is 0.802. The number of allylic oxidation sites excluding steroid dienone is 2. The molecular formula is C13H14ClN. The van der Waals surface area contributed by atoms with E-state index in [-0.39, 0.29) is 0 Å². The van der Waals surface area contributed by atoms with Gasteiger partial charge in [-0.25, -0.2) is 0 Å². The lowest BCUT2D eigenvalue weighted by molar-refractivity contribution is 0.491. The van der Waals surface area contributed by atoms with E-state index >= 15 is 0 Å². The van der Waals surface area contributed by atoms with Crippen molar-refractivity contribution in [3.05, 3.63) is 52.7 Å². The van der Waals surface area contributed by atoms with Crippen molar-refractivity contribution in [1.29, 1.82) is 0 Å². The third kappa shape index (κ3) is 2.07. The van der Waals surface area contributed by atoms with Gasteiger partial charge >= 0.3 is 0 Å². The molecule has 0 atom stereocenters. The smallest absolute Gasteiger partial charge is 0.105 e. The van der Waals surface area contributed by atoms with Crippen LogP contribution in [0.1, 0.15) is 11.1 Å². The fraction of sp³-hybridized carbons (Fsp3) is 0.231. The summed E-state index contributed by atoms with van der Waals surface area (Å²) in [5, 5.41) is 0.802. The highest BCUT2D eigenvalue weighted by atomic mass is 35.5. The predicted molar refractivity (Wildman–Crippen MR) is 65.7 cm³/mol. The van der Waals surface area contributed by atoms with Gasteiger partial charge in [-0.1, -0.05) is 41.9 Å². The van der Waals surface area contributed by atoms with Crippen molar-refractivity contribution in [3.8, 4) is 0 Å². The second-order valence-corrected chi connectivity index (χ2v) is 4.21. The molecule has 0 saturated heterocycles. The van der Waals surface area contributed by atoms with Crippen LogP contribution in [0.4, 0.5) is 0 Å². The van der Waals surface area contributed by atoms with Gasteiger partial charge in [0, 0.05) is 13.6 Å². The van der Waals surface area contributed by atoms with Gasteiger partial charge < -0.3 is 4.90 Å². The van der Waals surface area contributed by atoms with Crippen LogP contribution in [-0.4, -0.2) is 18.5 Å². The van der Waals surface area contributed by atoms with E-state index < -0.39 is 0 Å². The Hall–Kier alpha value is -1.21. The first kappa shape index (κ1) is 10.3. The molecule has 0 aromatic heterocycles. The van der Waals surface area contributed by atoms with Crippen LogP contribution in [0.25, 0.3) is 5.57 Å². The molecule has 1 nitrogen and oxygen atoms in total. The summed E-state index contributed by atoms with van der Waals surface area (Å²) in [6.45, 7) is 3.00. The zero-order chi connectivity index (χ0) is 10.8. The maximum atomic E-state index is 6.11. The predicted octanol–water partition coefficient (Wildman–Crippen LogP) is 3.40. The zero-order valence-electron chi connectivity index (χ0n) is 9.00. The standard InChI is InChI=1S/C13H14ClN/c1-10-5-3-4-6-12(10)11-7-8-15(2)13(14)9-11/h3-7,9H,8H2,1-2H3. The van der Waals surface area contributed by atoms with Crippen molar-refractivity contribution in [2.45, 2.75) is 6.92 Å². The van der Waals surface area contributed by atoms with Crippen LogP contribution >= 0.6 is 11.6 Å². The quantitative estimate of drug-likeness (QED) is 0.655. The van der Waals surface area contributed by atoms with Gasteiger partial charge in [-0.3, -0.25) is 0 Å². The van der Waals surface area contributed by atoms with Crippen molar-refractivity contribution in [3.63, 3.8) is 0 Å². The first-order valence-electron chi connectivity index (χ1n) is 5.03. The zero-order valence-corrected chi connectivity index (χ0v) is 9.75. The first-order chi connectivity index (χ1) is 7.18. The molecule has 0 fully saturated rings. The average Bonchev–Trinajstić information content (AvgIpc) is 2.23. The molecule has 0 amide bonds. The molecule has 0 unspecified atom stereocenters. The Kier molecular flexibility index (Phi) is 2.83. The summed E-state index contributed by atoms with van der Waals surface area (Å²) in [6.07, 6.45) is 4.22. The van der Waals surface area contributed by atoms with Gasteiger partial charge in [0.25, 0.3) is 0 Å². The van der Waals surface area contributed by atoms with E-state index in [1.165, 1.54) is 16.7 Å². The normalized spacial score (nSPS) is 16.1. The molecule has 0 aliphatic carbocycles.